The van der Waals surface area contributed by atoms with Crippen molar-refractivity contribution in [1.82, 2.24) is 0 Å². The van der Waals surface area contributed by atoms with E-state index in [0.717, 1.165) is 37.7 Å². The molecular formula is C20H23N3O4S2. The van der Waals surface area contributed by atoms with Gasteiger partial charge in [-0.2, -0.15) is 0 Å². The van der Waals surface area contributed by atoms with Crippen LogP contribution in [0.3, 0.4) is 0 Å². The van der Waals surface area contributed by atoms with E-state index in [4.69, 9.17) is 17.0 Å². The maximum atomic E-state index is 12.7. The Morgan fingerprint density at radius 1 is 1.24 bits per heavy atom. The Hall–Kier alpha value is -2.52. The first-order chi connectivity index (χ1) is 14.0. The van der Waals surface area contributed by atoms with Crippen molar-refractivity contribution in [2.24, 2.45) is 0 Å². The molecule has 0 amide bonds. The molecule has 0 atom stereocenters. The van der Waals surface area contributed by atoms with Gasteiger partial charge >= 0.3 is 5.97 Å². The highest BCUT2D eigenvalue weighted by atomic mass is 32.1. The van der Waals surface area contributed by atoms with Gasteiger partial charge in [0.2, 0.25) is 0 Å². The molecule has 0 bridgehead atoms. The third-order valence-corrected chi connectivity index (χ3v) is 6.10. The molecule has 1 heterocycles. The monoisotopic (exact) mass is 433 g/mol. The number of fused-ring (bicyclic) bond motifs is 1. The number of nitro groups is 1. The summed E-state index contributed by atoms with van der Waals surface area (Å²) in [5, 5.41) is 18.0. The van der Waals surface area contributed by atoms with Gasteiger partial charge in [-0.25, -0.2) is 4.79 Å². The van der Waals surface area contributed by atoms with Gasteiger partial charge in [0.1, 0.15) is 5.00 Å². The zero-order valence-corrected chi connectivity index (χ0v) is 17.8. The number of thiocarbonyl (C=S) groups is 1. The van der Waals surface area contributed by atoms with Crippen molar-refractivity contribution < 1.29 is 14.5 Å². The number of hydrogen-bond acceptors (Lipinski definition) is 6. The molecule has 9 heteroatoms. The quantitative estimate of drug-likeness (QED) is 0.286. The van der Waals surface area contributed by atoms with Crippen LogP contribution in [0, 0.1) is 10.1 Å². The van der Waals surface area contributed by atoms with Crippen molar-refractivity contribution in [2.75, 3.05) is 17.2 Å². The zero-order valence-electron chi connectivity index (χ0n) is 16.2. The van der Waals surface area contributed by atoms with E-state index in [9.17, 15) is 14.9 Å². The number of carbonyl (C=O) groups is 1. The molecule has 7 nitrogen and oxygen atoms in total. The Bertz CT molecular complexity index is 926. The number of aryl methyl sites for hydroxylation is 1. The molecule has 0 saturated heterocycles. The van der Waals surface area contributed by atoms with E-state index >= 15 is 0 Å². The summed E-state index contributed by atoms with van der Waals surface area (Å²) in [6.07, 6.45) is 6.30. The lowest BCUT2D eigenvalue weighted by molar-refractivity contribution is -0.384. The van der Waals surface area contributed by atoms with Crippen molar-refractivity contribution in [3.63, 3.8) is 0 Å². The first-order valence-electron chi connectivity index (χ1n) is 9.63. The van der Waals surface area contributed by atoms with Crippen molar-refractivity contribution >= 4 is 51.0 Å². The van der Waals surface area contributed by atoms with Crippen LogP contribution < -0.4 is 10.6 Å². The van der Waals surface area contributed by atoms with Crippen molar-refractivity contribution in [3.05, 3.63) is 50.4 Å². The third kappa shape index (κ3) is 5.30. The molecular weight excluding hydrogens is 410 g/mol. The molecule has 1 aliphatic rings. The average molecular weight is 434 g/mol. The summed E-state index contributed by atoms with van der Waals surface area (Å²) >= 11 is 6.93. The minimum Gasteiger partial charge on any atom is -0.462 e. The number of nitro benzene ring substituents is 1. The van der Waals surface area contributed by atoms with E-state index in [1.807, 2.05) is 0 Å². The molecule has 3 rings (SSSR count). The zero-order chi connectivity index (χ0) is 20.8. The Kier molecular flexibility index (Phi) is 7.16. The van der Waals surface area contributed by atoms with Crippen LogP contribution in [0.15, 0.2) is 24.3 Å². The van der Waals surface area contributed by atoms with E-state index in [0.29, 0.717) is 22.9 Å². The van der Waals surface area contributed by atoms with E-state index in [1.54, 1.807) is 19.1 Å². The van der Waals surface area contributed by atoms with Crippen LogP contribution in [0.4, 0.5) is 16.4 Å². The Morgan fingerprint density at radius 3 is 2.72 bits per heavy atom. The van der Waals surface area contributed by atoms with Crippen LogP contribution in [0.5, 0.6) is 0 Å². The number of anilines is 2. The normalized spacial score (nSPS) is 13.6. The Morgan fingerprint density at radius 2 is 2.00 bits per heavy atom. The molecule has 2 N–H and O–H groups in total. The van der Waals surface area contributed by atoms with Crippen molar-refractivity contribution in [3.8, 4) is 0 Å². The lowest BCUT2D eigenvalue weighted by Crippen LogP contribution is -2.20. The van der Waals surface area contributed by atoms with Gasteiger partial charge in [0.15, 0.2) is 5.11 Å². The number of benzene rings is 1. The van der Waals surface area contributed by atoms with E-state index in [2.05, 4.69) is 10.6 Å². The van der Waals surface area contributed by atoms with Crippen LogP contribution in [0.25, 0.3) is 0 Å². The summed E-state index contributed by atoms with van der Waals surface area (Å²) in [6.45, 7) is 2.09. The maximum Gasteiger partial charge on any atom is 0.341 e. The van der Waals surface area contributed by atoms with Crippen LogP contribution in [-0.4, -0.2) is 22.6 Å². The fourth-order valence-corrected chi connectivity index (χ4v) is 4.96. The second-order valence-corrected chi connectivity index (χ2v) is 8.24. The summed E-state index contributed by atoms with van der Waals surface area (Å²) in [5.41, 5.74) is 2.11. The van der Waals surface area contributed by atoms with Gasteiger partial charge in [0.25, 0.3) is 5.69 Å². The third-order valence-electron chi connectivity index (χ3n) is 4.69. The van der Waals surface area contributed by atoms with Crippen LogP contribution in [-0.2, 0) is 17.6 Å². The summed E-state index contributed by atoms with van der Waals surface area (Å²) in [6, 6.07) is 6.11. The number of nitrogens with zero attached hydrogens (tertiary/aromatic N) is 1. The van der Waals surface area contributed by atoms with Crippen LogP contribution in [0.2, 0.25) is 0 Å². The first kappa shape index (κ1) is 21.2. The van der Waals surface area contributed by atoms with Gasteiger partial charge in [0, 0.05) is 22.7 Å². The van der Waals surface area contributed by atoms with Gasteiger partial charge in [-0.05, 0) is 56.5 Å². The highest BCUT2D eigenvalue weighted by Crippen LogP contribution is 2.37. The standard InChI is InChI=1S/C20H23N3O4S2/c1-2-27-19(24)17-15-10-5-3-4-6-11-16(15)29-18(17)22-20(28)21-13-8-7-9-14(12-13)23(25)26/h7-9,12H,2-6,10-11H2,1H3,(H2,21,22,28). The van der Waals surface area contributed by atoms with Gasteiger partial charge in [0.05, 0.1) is 17.1 Å². The summed E-state index contributed by atoms with van der Waals surface area (Å²) in [7, 11) is 0. The molecule has 1 aromatic carbocycles. The topological polar surface area (TPSA) is 93.5 Å². The largest absolute Gasteiger partial charge is 0.462 e. The predicted molar refractivity (Wildman–Crippen MR) is 119 cm³/mol. The van der Waals surface area contributed by atoms with Gasteiger partial charge in [-0.15, -0.1) is 11.3 Å². The molecule has 0 aliphatic heterocycles. The van der Waals surface area contributed by atoms with E-state index in [1.165, 1.54) is 34.8 Å². The Labute approximate surface area is 178 Å². The Balaban J connectivity index is 1.84. The summed E-state index contributed by atoms with van der Waals surface area (Å²) in [5.74, 6) is -0.341. The number of thiophene rings is 1. The minimum atomic E-state index is -0.459. The smallest absolute Gasteiger partial charge is 0.341 e. The summed E-state index contributed by atoms with van der Waals surface area (Å²) < 4.78 is 5.30. The van der Waals surface area contributed by atoms with Gasteiger partial charge < -0.3 is 15.4 Å². The number of rotatable bonds is 5. The fourth-order valence-electron chi connectivity index (χ4n) is 3.39. The van der Waals surface area contributed by atoms with Gasteiger partial charge in [-0.3, -0.25) is 10.1 Å². The number of carbonyl (C=O) groups excluding carboxylic acids is 1. The number of nitrogens with one attached hydrogen (secondary N) is 2. The molecule has 1 aliphatic carbocycles. The van der Waals surface area contributed by atoms with Gasteiger partial charge in [-0.1, -0.05) is 18.9 Å². The molecule has 0 fully saturated rings. The average Bonchev–Trinajstić information content (AvgIpc) is 2.98. The van der Waals surface area contributed by atoms with Crippen LogP contribution in [0.1, 0.15) is 53.4 Å². The molecule has 29 heavy (non-hydrogen) atoms. The number of ether oxygens (including phenoxy) is 1. The molecule has 1 aromatic heterocycles. The summed E-state index contributed by atoms with van der Waals surface area (Å²) in [4.78, 5) is 24.4. The second-order valence-electron chi connectivity index (χ2n) is 6.73. The molecule has 154 valence electrons. The highest BCUT2D eigenvalue weighted by Gasteiger charge is 2.25. The highest BCUT2D eigenvalue weighted by molar-refractivity contribution is 7.80. The van der Waals surface area contributed by atoms with Crippen molar-refractivity contribution in [2.45, 2.75) is 45.4 Å². The lowest BCUT2D eigenvalue weighted by atomic mass is 9.96. The molecule has 0 saturated carbocycles. The number of esters is 1. The lowest BCUT2D eigenvalue weighted by Gasteiger charge is -2.12. The molecule has 0 radical (unpaired) electrons. The minimum absolute atomic E-state index is 0.0240. The van der Waals surface area contributed by atoms with Crippen LogP contribution >= 0.6 is 23.6 Å². The predicted octanol–water partition coefficient (Wildman–Crippen LogP) is 5.30. The fraction of sp³-hybridized carbons (Fsp3) is 0.400. The maximum absolute atomic E-state index is 12.7. The number of hydrogen-bond donors (Lipinski definition) is 2. The molecule has 0 unspecified atom stereocenters. The van der Waals surface area contributed by atoms with Crippen molar-refractivity contribution in [1.29, 1.82) is 0 Å². The second kappa shape index (κ2) is 9.80. The molecule has 0 spiro atoms. The molecule has 2 aromatic rings. The van der Waals surface area contributed by atoms with E-state index in [-0.39, 0.29) is 16.8 Å². The SMILES string of the molecule is CCOC(=O)c1c(NC(=S)Nc2cccc([N+](=O)[O-])c2)sc2c1CCCCCC2. The number of non-ortho nitro benzene ring substituents is 1. The first-order valence-corrected chi connectivity index (χ1v) is 10.9. The van der Waals surface area contributed by atoms with E-state index < -0.39 is 4.92 Å².